The minimum absolute atomic E-state index is 0.223. The van der Waals surface area contributed by atoms with Crippen molar-refractivity contribution in [3.8, 4) is 0 Å². The van der Waals surface area contributed by atoms with E-state index >= 15 is 0 Å². The third kappa shape index (κ3) is 2.61. The number of allylic oxidation sites excluding steroid dienone is 2. The first-order valence-electron chi connectivity index (χ1n) is 9.03. The van der Waals surface area contributed by atoms with Gasteiger partial charge in [0.2, 0.25) is 5.91 Å². The number of nitrogens with one attached hydrogen (secondary N) is 1. The van der Waals surface area contributed by atoms with Crippen molar-refractivity contribution in [3.05, 3.63) is 12.2 Å². The van der Waals surface area contributed by atoms with Crippen LogP contribution in [-0.2, 0) is 4.79 Å². The molecule has 1 amide bonds. The summed E-state index contributed by atoms with van der Waals surface area (Å²) in [6.07, 6.45) is 10.2. The maximum absolute atomic E-state index is 12.3. The molecular formula is C18H29N3O. The van der Waals surface area contributed by atoms with E-state index in [2.05, 4.69) is 34.3 Å². The minimum atomic E-state index is 0.223. The van der Waals surface area contributed by atoms with Gasteiger partial charge in [-0.05, 0) is 69.0 Å². The average molecular weight is 303 g/mol. The van der Waals surface area contributed by atoms with Crippen LogP contribution in [0.4, 0.5) is 0 Å². The molecule has 1 saturated heterocycles. The van der Waals surface area contributed by atoms with Gasteiger partial charge in [-0.2, -0.15) is 0 Å². The zero-order chi connectivity index (χ0) is 15.2. The molecule has 1 N–H and O–H groups in total. The van der Waals surface area contributed by atoms with Crippen LogP contribution < -0.4 is 5.32 Å². The van der Waals surface area contributed by atoms with Crippen molar-refractivity contribution in [1.82, 2.24) is 15.1 Å². The van der Waals surface area contributed by atoms with Gasteiger partial charge < -0.3 is 10.2 Å². The summed E-state index contributed by atoms with van der Waals surface area (Å²) in [6.45, 7) is 5.77. The highest BCUT2D eigenvalue weighted by atomic mass is 16.2. The molecule has 4 rings (SSSR count). The largest absolute Gasteiger partial charge is 0.355 e. The summed E-state index contributed by atoms with van der Waals surface area (Å²) in [5.74, 6) is 2.49. The quantitative estimate of drug-likeness (QED) is 0.796. The maximum atomic E-state index is 12.3. The van der Waals surface area contributed by atoms with Crippen molar-refractivity contribution < 1.29 is 4.79 Å². The summed E-state index contributed by atoms with van der Waals surface area (Å²) in [6, 6.07) is 0. The lowest BCUT2D eigenvalue weighted by atomic mass is 9.89. The summed E-state index contributed by atoms with van der Waals surface area (Å²) in [5.41, 5.74) is 0.644. The fraction of sp³-hybridized carbons (Fsp3) is 0.833. The first-order chi connectivity index (χ1) is 10.7. The van der Waals surface area contributed by atoms with Crippen LogP contribution in [0, 0.1) is 23.2 Å². The van der Waals surface area contributed by atoms with E-state index in [-0.39, 0.29) is 5.91 Å². The second-order valence-electron chi connectivity index (χ2n) is 7.98. The van der Waals surface area contributed by atoms with Gasteiger partial charge in [0.25, 0.3) is 0 Å². The Balaban J connectivity index is 1.23. The Morgan fingerprint density at radius 3 is 2.86 bits per heavy atom. The summed E-state index contributed by atoms with van der Waals surface area (Å²) in [7, 11) is 2.17. The Kier molecular flexibility index (Phi) is 3.77. The predicted molar refractivity (Wildman–Crippen MR) is 87.5 cm³/mol. The molecule has 2 bridgehead atoms. The second kappa shape index (κ2) is 5.64. The fourth-order valence-corrected chi connectivity index (χ4v) is 5.12. The van der Waals surface area contributed by atoms with Gasteiger partial charge in [-0.25, -0.2) is 0 Å². The summed E-state index contributed by atoms with van der Waals surface area (Å²) in [4.78, 5) is 16.9. The SMILES string of the molecule is CN1CCCN(CC(=O)NC[C@H]2C[C@H]3C=C[C@H]2C32CC2)CC1. The number of rotatable bonds is 4. The lowest BCUT2D eigenvalue weighted by Crippen LogP contribution is -2.41. The van der Waals surface area contributed by atoms with Crippen molar-refractivity contribution in [2.24, 2.45) is 23.2 Å². The van der Waals surface area contributed by atoms with Crippen molar-refractivity contribution in [2.75, 3.05) is 46.3 Å². The normalized spacial score (nSPS) is 36.7. The molecule has 1 spiro atoms. The highest BCUT2D eigenvalue weighted by molar-refractivity contribution is 5.78. The summed E-state index contributed by atoms with van der Waals surface area (Å²) < 4.78 is 0. The van der Waals surface area contributed by atoms with Gasteiger partial charge in [-0.3, -0.25) is 9.69 Å². The van der Waals surface area contributed by atoms with E-state index in [1.807, 2.05) is 0 Å². The smallest absolute Gasteiger partial charge is 0.234 e. The van der Waals surface area contributed by atoms with E-state index in [9.17, 15) is 4.79 Å². The molecule has 2 saturated carbocycles. The van der Waals surface area contributed by atoms with Crippen LogP contribution in [0.1, 0.15) is 25.7 Å². The highest BCUT2D eigenvalue weighted by Crippen LogP contribution is 2.69. The Morgan fingerprint density at radius 2 is 2.09 bits per heavy atom. The van der Waals surface area contributed by atoms with Gasteiger partial charge >= 0.3 is 0 Å². The minimum Gasteiger partial charge on any atom is -0.355 e. The fourth-order valence-electron chi connectivity index (χ4n) is 5.12. The maximum Gasteiger partial charge on any atom is 0.234 e. The molecule has 4 heteroatoms. The zero-order valence-corrected chi connectivity index (χ0v) is 13.8. The van der Waals surface area contributed by atoms with Crippen LogP contribution in [0.15, 0.2) is 12.2 Å². The monoisotopic (exact) mass is 303 g/mol. The molecule has 1 aliphatic heterocycles. The van der Waals surface area contributed by atoms with E-state index in [4.69, 9.17) is 0 Å². The molecule has 3 aliphatic carbocycles. The van der Waals surface area contributed by atoms with Crippen molar-refractivity contribution >= 4 is 5.91 Å². The number of carbonyl (C=O) groups excluding carboxylic acids is 1. The average Bonchev–Trinajstić information content (AvgIpc) is 3.20. The molecular weight excluding hydrogens is 274 g/mol. The Labute approximate surface area is 133 Å². The molecule has 22 heavy (non-hydrogen) atoms. The van der Waals surface area contributed by atoms with Crippen molar-refractivity contribution in [1.29, 1.82) is 0 Å². The first kappa shape index (κ1) is 14.7. The Bertz CT molecular complexity index is 471. The molecule has 3 atom stereocenters. The van der Waals surface area contributed by atoms with Crippen LogP contribution in [-0.4, -0.2) is 62.0 Å². The van der Waals surface area contributed by atoms with Crippen molar-refractivity contribution in [2.45, 2.75) is 25.7 Å². The van der Waals surface area contributed by atoms with Gasteiger partial charge in [0.05, 0.1) is 6.54 Å². The van der Waals surface area contributed by atoms with Crippen LogP contribution in [0.25, 0.3) is 0 Å². The lowest BCUT2D eigenvalue weighted by molar-refractivity contribution is -0.122. The molecule has 122 valence electrons. The molecule has 0 aromatic rings. The number of nitrogens with zero attached hydrogens (tertiary/aromatic N) is 2. The molecule has 4 aliphatic rings. The first-order valence-corrected chi connectivity index (χ1v) is 9.03. The molecule has 1 heterocycles. The predicted octanol–water partition coefficient (Wildman–Crippen LogP) is 1.34. The standard InChI is InChI=1S/C18H29N3O/c1-20-7-2-8-21(10-9-20)13-17(22)19-12-14-11-15-3-4-16(14)18(15)5-6-18/h3-4,14-16H,2,5-13H2,1H3,(H,19,22)/t14-,15-,16-/m1/s1. The topological polar surface area (TPSA) is 35.6 Å². The van der Waals surface area contributed by atoms with Gasteiger partial charge in [0.1, 0.15) is 0 Å². The molecule has 0 aromatic carbocycles. The van der Waals surface area contributed by atoms with Crippen molar-refractivity contribution in [3.63, 3.8) is 0 Å². The van der Waals surface area contributed by atoms with Crippen LogP contribution in [0.5, 0.6) is 0 Å². The summed E-state index contributed by atoms with van der Waals surface area (Å²) in [5, 5.41) is 3.23. The van der Waals surface area contributed by atoms with E-state index in [1.165, 1.54) is 25.7 Å². The molecule has 0 radical (unpaired) electrons. The van der Waals surface area contributed by atoms with Crippen LogP contribution >= 0.6 is 0 Å². The van der Waals surface area contributed by atoms with Gasteiger partial charge in [0.15, 0.2) is 0 Å². The van der Waals surface area contributed by atoms with E-state index in [0.29, 0.717) is 17.9 Å². The van der Waals surface area contributed by atoms with Gasteiger partial charge in [-0.1, -0.05) is 12.2 Å². The third-order valence-corrected chi connectivity index (χ3v) is 6.59. The molecule has 0 aromatic heterocycles. The lowest BCUT2D eigenvalue weighted by Gasteiger charge is -2.22. The van der Waals surface area contributed by atoms with Gasteiger partial charge in [0, 0.05) is 19.6 Å². The number of likely N-dealkylation sites (N-methyl/N-ethyl adjacent to an activating group) is 1. The summed E-state index contributed by atoms with van der Waals surface area (Å²) >= 11 is 0. The van der Waals surface area contributed by atoms with E-state index in [0.717, 1.165) is 44.6 Å². The highest BCUT2D eigenvalue weighted by Gasteiger charge is 2.62. The second-order valence-corrected chi connectivity index (χ2v) is 7.98. The van der Waals surface area contributed by atoms with Gasteiger partial charge in [-0.15, -0.1) is 0 Å². The molecule has 0 unspecified atom stereocenters. The Morgan fingerprint density at radius 1 is 1.23 bits per heavy atom. The van der Waals surface area contributed by atoms with Crippen LogP contribution in [0.2, 0.25) is 0 Å². The molecule has 4 nitrogen and oxygen atoms in total. The Hall–Kier alpha value is -0.870. The third-order valence-electron chi connectivity index (χ3n) is 6.59. The number of hydrogen-bond donors (Lipinski definition) is 1. The van der Waals surface area contributed by atoms with E-state index in [1.54, 1.807) is 0 Å². The molecule has 3 fully saturated rings. The zero-order valence-electron chi connectivity index (χ0n) is 13.8. The number of hydrogen-bond acceptors (Lipinski definition) is 3. The number of amides is 1. The van der Waals surface area contributed by atoms with Crippen LogP contribution in [0.3, 0.4) is 0 Å². The number of carbonyl (C=O) groups is 1. The van der Waals surface area contributed by atoms with E-state index < -0.39 is 0 Å².